The van der Waals surface area contributed by atoms with Crippen molar-refractivity contribution in [1.29, 1.82) is 0 Å². The number of phenolic OH excluding ortho intramolecular Hbond substituents is 1. The SMILES string of the molecule is COc1ccc([C@H](O)C(C)(C)CC/C=C/C(=O)NO)cc1O. The maximum Gasteiger partial charge on any atom is 0.267 e. The van der Waals surface area contributed by atoms with Crippen LogP contribution in [0.3, 0.4) is 0 Å². The molecule has 0 aromatic heterocycles. The topological polar surface area (TPSA) is 99.0 Å². The van der Waals surface area contributed by atoms with E-state index in [9.17, 15) is 15.0 Å². The summed E-state index contributed by atoms with van der Waals surface area (Å²) in [6.45, 7) is 3.80. The van der Waals surface area contributed by atoms with Crippen LogP contribution in [-0.2, 0) is 4.79 Å². The van der Waals surface area contributed by atoms with Crippen molar-refractivity contribution in [3.05, 3.63) is 35.9 Å². The molecular weight excluding hydrogens is 286 g/mol. The van der Waals surface area contributed by atoms with Crippen LogP contribution in [0.4, 0.5) is 0 Å². The van der Waals surface area contributed by atoms with Crippen molar-refractivity contribution in [2.45, 2.75) is 32.8 Å². The number of nitrogens with one attached hydrogen (secondary N) is 1. The van der Waals surface area contributed by atoms with E-state index in [2.05, 4.69) is 0 Å². The number of ether oxygens (including phenoxy) is 1. The lowest BCUT2D eigenvalue weighted by Gasteiger charge is -2.30. The van der Waals surface area contributed by atoms with Gasteiger partial charge in [0.2, 0.25) is 0 Å². The highest BCUT2D eigenvalue weighted by molar-refractivity contribution is 5.86. The molecule has 0 aliphatic carbocycles. The van der Waals surface area contributed by atoms with Gasteiger partial charge in [-0.05, 0) is 36.0 Å². The fourth-order valence-electron chi connectivity index (χ4n) is 2.15. The van der Waals surface area contributed by atoms with E-state index in [1.165, 1.54) is 24.7 Å². The van der Waals surface area contributed by atoms with Crippen molar-refractivity contribution >= 4 is 5.91 Å². The van der Waals surface area contributed by atoms with Crippen LogP contribution in [0.2, 0.25) is 0 Å². The summed E-state index contributed by atoms with van der Waals surface area (Å²) in [5, 5.41) is 28.7. The Bertz CT molecular complexity index is 539. The normalized spacial score (nSPS) is 13.1. The number of hydrogen-bond acceptors (Lipinski definition) is 5. The van der Waals surface area contributed by atoms with Crippen LogP contribution in [-0.4, -0.2) is 28.4 Å². The first-order chi connectivity index (χ1) is 10.3. The van der Waals surface area contributed by atoms with Gasteiger partial charge in [-0.25, -0.2) is 5.48 Å². The number of methoxy groups -OCH3 is 1. The molecular formula is C16H23NO5. The lowest BCUT2D eigenvalue weighted by molar-refractivity contribution is -0.124. The summed E-state index contributed by atoms with van der Waals surface area (Å²) in [6, 6.07) is 4.80. The number of allylic oxidation sites excluding steroid dienone is 1. The molecule has 0 bridgehead atoms. The Morgan fingerprint density at radius 3 is 2.68 bits per heavy atom. The summed E-state index contributed by atoms with van der Waals surface area (Å²) in [4.78, 5) is 10.9. The van der Waals surface area contributed by atoms with Crippen molar-refractivity contribution < 1.29 is 25.0 Å². The molecule has 6 nitrogen and oxygen atoms in total. The summed E-state index contributed by atoms with van der Waals surface area (Å²) in [7, 11) is 1.46. The van der Waals surface area contributed by atoms with Crippen LogP contribution in [0.5, 0.6) is 11.5 Å². The summed E-state index contributed by atoms with van der Waals surface area (Å²) < 4.78 is 4.98. The number of hydroxylamine groups is 1. The summed E-state index contributed by atoms with van der Waals surface area (Å²) in [5.74, 6) is -0.250. The molecule has 1 aromatic rings. The van der Waals surface area contributed by atoms with Gasteiger partial charge in [-0.1, -0.05) is 26.0 Å². The van der Waals surface area contributed by atoms with Gasteiger partial charge in [-0.3, -0.25) is 10.0 Å². The molecule has 0 aliphatic heterocycles. The maximum atomic E-state index is 10.9. The Hall–Kier alpha value is -2.05. The van der Waals surface area contributed by atoms with Gasteiger partial charge >= 0.3 is 0 Å². The number of phenols is 1. The molecule has 0 heterocycles. The monoisotopic (exact) mass is 309 g/mol. The fourth-order valence-corrected chi connectivity index (χ4v) is 2.15. The number of rotatable bonds is 7. The first-order valence-electron chi connectivity index (χ1n) is 6.97. The van der Waals surface area contributed by atoms with E-state index >= 15 is 0 Å². The second-order valence-electron chi connectivity index (χ2n) is 5.74. The zero-order valence-corrected chi connectivity index (χ0v) is 13.0. The molecule has 0 aliphatic rings. The highest BCUT2D eigenvalue weighted by Crippen LogP contribution is 2.39. The predicted octanol–water partition coefficient (Wildman–Crippen LogP) is 2.30. The van der Waals surface area contributed by atoms with Crippen molar-refractivity contribution in [2.75, 3.05) is 7.11 Å². The zero-order chi connectivity index (χ0) is 16.8. The van der Waals surface area contributed by atoms with Crippen LogP contribution < -0.4 is 10.2 Å². The first kappa shape index (κ1) is 18.0. The minimum absolute atomic E-state index is 0.0191. The Balaban J connectivity index is 2.73. The van der Waals surface area contributed by atoms with Crippen molar-refractivity contribution in [1.82, 2.24) is 5.48 Å². The van der Waals surface area contributed by atoms with E-state index < -0.39 is 17.4 Å². The Morgan fingerprint density at radius 1 is 1.45 bits per heavy atom. The van der Waals surface area contributed by atoms with Crippen molar-refractivity contribution in [3.8, 4) is 11.5 Å². The third-order valence-electron chi connectivity index (χ3n) is 3.59. The third kappa shape index (κ3) is 4.75. The summed E-state index contributed by atoms with van der Waals surface area (Å²) in [5.41, 5.74) is 1.65. The molecule has 1 amide bonds. The minimum Gasteiger partial charge on any atom is -0.504 e. The van der Waals surface area contributed by atoms with Crippen molar-refractivity contribution in [2.24, 2.45) is 5.41 Å². The average Bonchev–Trinajstić information content (AvgIpc) is 2.50. The predicted molar refractivity (Wildman–Crippen MR) is 81.7 cm³/mol. The van der Waals surface area contributed by atoms with Gasteiger partial charge < -0.3 is 14.9 Å². The average molecular weight is 309 g/mol. The molecule has 1 rings (SSSR count). The van der Waals surface area contributed by atoms with Gasteiger partial charge in [0.1, 0.15) is 0 Å². The first-order valence-corrected chi connectivity index (χ1v) is 6.97. The largest absolute Gasteiger partial charge is 0.504 e. The molecule has 6 heteroatoms. The van der Waals surface area contributed by atoms with E-state index in [-0.39, 0.29) is 5.75 Å². The van der Waals surface area contributed by atoms with Gasteiger partial charge in [-0.15, -0.1) is 0 Å². The van der Waals surface area contributed by atoms with Crippen LogP contribution in [0, 0.1) is 5.41 Å². The highest BCUT2D eigenvalue weighted by Gasteiger charge is 2.29. The Morgan fingerprint density at radius 2 is 2.14 bits per heavy atom. The van der Waals surface area contributed by atoms with E-state index in [1.54, 1.807) is 18.2 Å². The number of aliphatic hydroxyl groups excluding tert-OH is 1. The van der Waals surface area contributed by atoms with E-state index in [0.29, 0.717) is 24.2 Å². The second kappa shape index (κ2) is 7.82. The van der Waals surface area contributed by atoms with E-state index in [1.807, 2.05) is 13.8 Å². The van der Waals surface area contributed by atoms with Gasteiger partial charge in [0, 0.05) is 6.08 Å². The zero-order valence-electron chi connectivity index (χ0n) is 13.0. The molecule has 0 radical (unpaired) electrons. The lowest BCUT2D eigenvalue weighted by Crippen LogP contribution is -2.22. The summed E-state index contributed by atoms with van der Waals surface area (Å²) in [6.07, 6.45) is 3.28. The molecule has 0 saturated carbocycles. The smallest absolute Gasteiger partial charge is 0.267 e. The number of hydrogen-bond donors (Lipinski definition) is 4. The number of carbonyl (C=O) groups excluding carboxylic acids is 1. The number of aromatic hydroxyl groups is 1. The molecule has 0 saturated heterocycles. The fraction of sp³-hybridized carbons (Fsp3) is 0.438. The highest BCUT2D eigenvalue weighted by atomic mass is 16.5. The molecule has 0 unspecified atom stereocenters. The number of amides is 1. The van der Waals surface area contributed by atoms with Gasteiger partial charge in [0.25, 0.3) is 5.91 Å². The minimum atomic E-state index is -0.774. The number of carbonyl (C=O) groups is 1. The molecule has 122 valence electrons. The molecule has 0 fully saturated rings. The quantitative estimate of drug-likeness (QED) is 0.352. The van der Waals surface area contributed by atoms with Gasteiger partial charge in [0.15, 0.2) is 11.5 Å². The van der Waals surface area contributed by atoms with Crippen LogP contribution in [0.1, 0.15) is 38.4 Å². The van der Waals surface area contributed by atoms with Crippen LogP contribution >= 0.6 is 0 Å². The van der Waals surface area contributed by atoms with Crippen molar-refractivity contribution in [3.63, 3.8) is 0 Å². The molecule has 4 N–H and O–H groups in total. The van der Waals surface area contributed by atoms with Gasteiger partial charge in [0.05, 0.1) is 13.2 Å². The third-order valence-corrected chi connectivity index (χ3v) is 3.59. The molecule has 0 spiro atoms. The number of aliphatic hydroxyl groups is 1. The lowest BCUT2D eigenvalue weighted by atomic mass is 9.79. The van der Waals surface area contributed by atoms with E-state index in [4.69, 9.17) is 9.94 Å². The molecule has 1 aromatic carbocycles. The molecule has 1 atom stereocenters. The Kier molecular flexibility index (Phi) is 6.39. The van der Waals surface area contributed by atoms with Gasteiger partial charge in [-0.2, -0.15) is 0 Å². The maximum absolute atomic E-state index is 10.9. The Labute approximate surface area is 130 Å². The second-order valence-corrected chi connectivity index (χ2v) is 5.74. The van der Waals surface area contributed by atoms with E-state index in [0.717, 1.165) is 0 Å². The van der Waals surface area contributed by atoms with Crippen LogP contribution in [0.25, 0.3) is 0 Å². The van der Waals surface area contributed by atoms with Crippen LogP contribution in [0.15, 0.2) is 30.4 Å². The standard InChI is InChI=1S/C16H23NO5/c1-16(2,9-5-4-6-14(19)17-21)15(20)11-7-8-13(22-3)12(18)10-11/h4,6-8,10,15,18,20-21H,5,9H2,1-3H3,(H,17,19)/b6-4+/t15-/m0/s1. The number of benzene rings is 1. The summed E-state index contributed by atoms with van der Waals surface area (Å²) >= 11 is 0. The molecule has 22 heavy (non-hydrogen) atoms.